The molecule has 2 heterocycles. The maximum atomic E-state index is 2.39. The summed E-state index contributed by atoms with van der Waals surface area (Å²) in [5.41, 5.74) is 14.3. The second-order valence-electron chi connectivity index (χ2n) is 15.3. The molecule has 0 radical (unpaired) electrons. The van der Waals surface area contributed by atoms with Crippen LogP contribution in [0.15, 0.2) is 218 Å². The third kappa shape index (κ3) is 5.05. The second kappa shape index (κ2) is 12.9. The maximum Gasteiger partial charge on any atom is 0.0541 e. The summed E-state index contributed by atoms with van der Waals surface area (Å²) < 4.78 is 4.77. The molecule has 0 saturated heterocycles. The molecule has 12 rings (SSSR count). The highest BCUT2D eigenvalue weighted by Crippen LogP contribution is 2.40. The largest absolute Gasteiger partial charge is 0.309 e. The van der Waals surface area contributed by atoms with Crippen molar-refractivity contribution in [2.24, 2.45) is 0 Å². The van der Waals surface area contributed by atoms with Crippen molar-refractivity contribution in [1.29, 1.82) is 0 Å². The molecular weight excluding hydrogens is 701 g/mol. The molecule has 2 aromatic heterocycles. The Morgan fingerprint density at radius 1 is 0.224 bits per heavy atom. The Balaban J connectivity index is 1.01. The van der Waals surface area contributed by atoms with Crippen LogP contribution >= 0.6 is 0 Å². The van der Waals surface area contributed by atoms with Gasteiger partial charge in [-0.25, -0.2) is 0 Å². The number of para-hydroxylation sites is 4. The van der Waals surface area contributed by atoms with Crippen LogP contribution in [-0.2, 0) is 0 Å². The minimum absolute atomic E-state index is 1.15. The molecule has 0 N–H and O–H groups in total. The molecule has 0 spiro atoms. The lowest BCUT2D eigenvalue weighted by molar-refractivity contribution is 1.18. The number of rotatable bonds is 5. The molecule has 2 heteroatoms. The van der Waals surface area contributed by atoms with E-state index < -0.39 is 0 Å². The summed E-state index contributed by atoms with van der Waals surface area (Å²) in [5.74, 6) is 0. The van der Waals surface area contributed by atoms with E-state index in [0.717, 1.165) is 11.4 Å². The Kier molecular flexibility index (Phi) is 7.26. The lowest BCUT2D eigenvalue weighted by Crippen LogP contribution is -1.95. The molecule has 0 saturated carbocycles. The fraction of sp³-hybridized carbons (Fsp3) is 0. The predicted octanol–water partition coefficient (Wildman–Crippen LogP) is 15.2. The normalized spacial score (nSPS) is 11.8. The highest BCUT2D eigenvalue weighted by atomic mass is 15.0. The minimum Gasteiger partial charge on any atom is -0.309 e. The van der Waals surface area contributed by atoms with Crippen molar-refractivity contribution >= 4 is 65.2 Å². The van der Waals surface area contributed by atoms with Crippen molar-refractivity contribution in [3.05, 3.63) is 218 Å². The van der Waals surface area contributed by atoms with E-state index in [1.165, 1.54) is 98.5 Å². The van der Waals surface area contributed by atoms with Gasteiger partial charge in [0.05, 0.1) is 22.1 Å². The lowest BCUT2D eigenvalue weighted by atomic mass is 9.90. The highest BCUT2D eigenvalue weighted by molar-refractivity contribution is 6.11. The molecule has 0 fully saturated rings. The van der Waals surface area contributed by atoms with Gasteiger partial charge < -0.3 is 9.13 Å². The third-order valence-electron chi connectivity index (χ3n) is 12.1. The van der Waals surface area contributed by atoms with Crippen LogP contribution in [0.1, 0.15) is 0 Å². The van der Waals surface area contributed by atoms with Crippen LogP contribution in [0.5, 0.6) is 0 Å². The number of aromatic nitrogens is 2. The van der Waals surface area contributed by atoms with Gasteiger partial charge in [-0.15, -0.1) is 0 Å². The van der Waals surface area contributed by atoms with E-state index in [1.807, 2.05) is 0 Å². The maximum absolute atomic E-state index is 2.39. The molecule has 2 nitrogen and oxygen atoms in total. The molecule has 0 aliphatic rings. The number of hydrogen-bond donors (Lipinski definition) is 0. The fourth-order valence-electron chi connectivity index (χ4n) is 9.38. The Labute approximate surface area is 336 Å². The van der Waals surface area contributed by atoms with Crippen LogP contribution in [0.3, 0.4) is 0 Å². The van der Waals surface area contributed by atoms with Gasteiger partial charge in [0.25, 0.3) is 0 Å². The van der Waals surface area contributed by atoms with Gasteiger partial charge in [0.15, 0.2) is 0 Å². The second-order valence-corrected chi connectivity index (χ2v) is 15.3. The molecule has 10 aromatic carbocycles. The molecule has 0 bridgehead atoms. The molecular formula is C56H36N2. The van der Waals surface area contributed by atoms with Gasteiger partial charge in [-0.1, -0.05) is 158 Å². The lowest BCUT2D eigenvalue weighted by Gasteiger charge is -2.16. The first kappa shape index (κ1) is 32.6. The van der Waals surface area contributed by atoms with Gasteiger partial charge in [-0.2, -0.15) is 0 Å². The molecule has 0 atom stereocenters. The summed E-state index contributed by atoms with van der Waals surface area (Å²) in [4.78, 5) is 0. The number of hydrogen-bond acceptors (Lipinski definition) is 0. The molecule has 58 heavy (non-hydrogen) atoms. The smallest absolute Gasteiger partial charge is 0.0541 e. The summed E-state index contributed by atoms with van der Waals surface area (Å²) >= 11 is 0. The van der Waals surface area contributed by atoms with E-state index in [1.54, 1.807) is 0 Å². The Bertz CT molecular complexity index is 3440. The van der Waals surface area contributed by atoms with Crippen LogP contribution in [0.4, 0.5) is 0 Å². The summed E-state index contributed by atoms with van der Waals surface area (Å²) in [6.07, 6.45) is 0. The summed E-state index contributed by atoms with van der Waals surface area (Å²) in [6, 6.07) is 80.1. The van der Waals surface area contributed by atoms with Gasteiger partial charge in [-0.05, 0) is 116 Å². The topological polar surface area (TPSA) is 9.86 Å². The van der Waals surface area contributed by atoms with Crippen LogP contribution < -0.4 is 0 Å². The van der Waals surface area contributed by atoms with Crippen molar-refractivity contribution in [2.45, 2.75) is 0 Å². The van der Waals surface area contributed by atoms with Crippen LogP contribution in [0, 0.1) is 0 Å². The van der Waals surface area contributed by atoms with Crippen LogP contribution in [-0.4, -0.2) is 9.13 Å². The first-order valence-corrected chi connectivity index (χ1v) is 20.0. The molecule has 0 aliphatic heterocycles. The van der Waals surface area contributed by atoms with Crippen LogP contribution in [0.25, 0.3) is 110 Å². The number of benzene rings is 10. The zero-order valence-corrected chi connectivity index (χ0v) is 31.7. The zero-order valence-electron chi connectivity index (χ0n) is 31.7. The summed E-state index contributed by atoms with van der Waals surface area (Å²) in [6.45, 7) is 0. The molecule has 0 amide bonds. The van der Waals surface area contributed by atoms with E-state index in [9.17, 15) is 0 Å². The molecule has 0 unspecified atom stereocenters. The van der Waals surface area contributed by atoms with Crippen molar-refractivity contribution in [1.82, 2.24) is 9.13 Å². The Morgan fingerprint density at radius 3 is 1.10 bits per heavy atom. The SMILES string of the molecule is c1ccc2c(c1)ccc1ccc(-c3ccc(-c4ccc(-n5c6ccccc6c6ccccc65)cc4)c(-c4ccc(-n5c6ccccc6c6ccccc65)cc4)c3)cc12. The standard InChI is InChI=1S/C56H36N2/c1-2-12-45-37(11-1)21-22-39-23-24-41(35-51(39)45)42-29-34-46(38-25-30-43(31-26-38)57-53-17-7-3-13-47(53)48-14-4-8-18-54(48)57)52(36-42)40-27-32-44(33-28-40)58-55-19-9-5-15-49(55)50-16-6-10-20-56(50)58/h1-36H. The molecule has 12 aromatic rings. The predicted molar refractivity (Wildman–Crippen MR) is 246 cm³/mol. The number of nitrogens with zero attached hydrogens (tertiary/aromatic N) is 2. The highest BCUT2D eigenvalue weighted by Gasteiger charge is 2.16. The first-order valence-electron chi connectivity index (χ1n) is 20.0. The van der Waals surface area contributed by atoms with E-state index in [2.05, 4.69) is 228 Å². The summed E-state index contributed by atoms with van der Waals surface area (Å²) in [7, 11) is 0. The van der Waals surface area contributed by atoms with Gasteiger partial charge in [0, 0.05) is 32.9 Å². The third-order valence-corrected chi connectivity index (χ3v) is 12.1. The Morgan fingerprint density at radius 2 is 0.586 bits per heavy atom. The van der Waals surface area contributed by atoms with Gasteiger partial charge in [-0.3, -0.25) is 0 Å². The molecule has 0 aliphatic carbocycles. The van der Waals surface area contributed by atoms with E-state index in [-0.39, 0.29) is 0 Å². The first-order chi connectivity index (χ1) is 28.8. The van der Waals surface area contributed by atoms with Gasteiger partial charge in [0.1, 0.15) is 0 Å². The van der Waals surface area contributed by atoms with E-state index in [0.29, 0.717) is 0 Å². The Hall–Kier alpha value is -7.68. The fourth-order valence-corrected chi connectivity index (χ4v) is 9.38. The monoisotopic (exact) mass is 736 g/mol. The minimum atomic E-state index is 1.15. The van der Waals surface area contributed by atoms with Gasteiger partial charge >= 0.3 is 0 Å². The van der Waals surface area contributed by atoms with Crippen molar-refractivity contribution in [2.75, 3.05) is 0 Å². The average Bonchev–Trinajstić information content (AvgIpc) is 3.82. The van der Waals surface area contributed by atoms with Crippen molar-refractivity contribution in [3.63, 3.8) is 0 Å². The zero-order chi connectivity index (χ0) is 38.2. The number of fused-ring (bicyclic) bond motifs is 9. The summed E-state index contributed by atoms with van der Waals surface area (Å²) in [5, 5.41) is 10.1. The van der Waals surface area contributed by atoms with Crippen molar-refractivity contribution in [3.8, 4) is 44.8 Å². The van der Waals surface area contributed by atoms with Crippen molar-refractivity contribution < 1.29 is 0 Å². The van der Waals surface area contributed by atoms with Gasteiger partial charge in [0.2, 0.25) is 0 Å². The average molecular weight is 737 g/mol. The molecule has 270 valence electrons. The van der Waals surface area contributed by atoms with E-state index in [4.69, 9.17) is 0 Å². The van der Waals surface area contributed by atoms with Crippen LogP contribution in [0.2, 0.25) is 0 Å². The van der Waals surface area contributed by atoms with E-state index >= 15 is 0 Å². The quantitative estimate of drug-likeness (QED) is 0.156.